The summed E-state index contributed by atoms with van der Waals surface area (Å²) >= 11 is 0. The fourth-order valence-corrected chi connectivity index (χ4v) is 8.15. The maximum atomic E-state index is 6.46. The van der Waals surface area contributed by atoms with Gasteiger partial charge in [-0.1, -0.05) is 115 Å². The van der Waals surface area contributed by atoms with Crippen molar-refractivity contribution < 1.29 is 4.42 Å². The number of rotatable bonds is 4. The minimum atomic E-state index is 0.882. The van der Waals surface area contributed by atoms with E-state index in [0.29, 0.717) is 0 Å². The zero-order chi connectivity index (χ0) is 36.2. The molecule has 0 bridgehead atoms. The van der Waals surface area contributed by atoms with Crippen molar-refractivity contribution >= 4 is 65.6 Å². The normalized spacial score (nSPS) is 11.5. The molecule has 11 rings (SSSR count). The van der Waals surface area contributed by atoms with Crippen LogP contribution in [0.4, 0.5) is 0 Å². The van der Waals surface area contributed by atoms with E-state index in [-0.39, 0.29) is 0 Å². The minimum Gasteiger partial charge on any atom is -0.456 e. The third-order valence-corrected chi connectivity index (χ3v) is 10.5. The Morgan fingerprint density at radius 1 is 0.370 bits per heavy atom. The van der Waals surface area contributed by atoms with E-state index in [1.807, 2.05) is 6.92 Å². The summed E-state index contributed by atoms with van der Waals surface area (Å²) in [6, 6.07) is 65.5. The number of benzene rings is 8. The fourth-order valence-electron chi connectivity index (χ4n) is 8.15. The molecule has 0 fully saturated rings. The molecule has 8 aromatic carbocycles. The predicted octanol–water partition coefficient (Wildman–Crippen LogP) is 14.3. The molecule has 0 spiro atoms. The molecular formula is C51H36N2O. The van der Waals surface area contributed by atoms with Gasteiger partial charge in [0, 0.05) is 43.7 Å². The molecule has 0 atom stereocenters. The number of fused-ring (bicyclic) bond motifs is 9. The van der Waals surface area contributed by atoms with Crippen molar-refractivity contribution in [2.75, 3.05) is 0 Å². The van der Waals surface area contributed by atoms with Gasteiger partial charge < -0.3 is 13.6 Å². The van der Waals surface area contributed by atoms with Gasteiger partial charge in [-0.05, 0) is 102 Å². The van der Waals surface area contributed by atoms with E-state index in [2.05, 4.69) is 198 Å². The molecule has 0 N–H and O–H groups in total. The smallest absolute Gasteiger partial charge is 0.135 e. The molecule has 0 saturated carbocycles. The van der Waals surface area contributed by atoms with Crippen LogP contribution in [0, 0.1) is 0 Å². The SMILES string of the molecule is C=CC.c1ccc(-c2ccc3c(c2)c2ccccc2n3-c2ccc3oc4ccc(-n5c6ccccc6c6cc(-c7ccccc7)ccc65)cc4c3c2)cc1. The van der Waals surface area contributed by atoms with E-state index in [1.54, 1.807) is 6.08 Å². The van der Waals surface area contributed by atoms with Crippen LogP contribution in [0.3, 0.4) is 0 Å². The number of nitrogens with zero attached hydrogens (tertiary/aromatic N) is 2. The summed E-state index contributed by atoms with van der Waals surface area (Å²) in [7, 11) is 0. The Bertz CT molecular complexity index is 2970. The average Bonchev–Trinajstić information content (AvgIpc) is 3.88. The maximum absolute atomic E-state index is 6.46. The van der Waals surface area contributed by atoms with E-state index >= 15 is 0 Å². The van der Waals surface area contributed by atoms with Gasteiger partial charge in [-0.2, -0.15) is 0 Å². The summed E-state index contributed by atoms with van der Waals surface area (Å²) in [5, 5.41) is 7.17. The lowest BCUT2D eigenvalue weighted by Crippen LogP contribution is -1.94. The van der Waals surface area contributed by atoms with Crippen molar-refractivity contribution in [3.05, 3.63) is 195 Å². The third kappa shape index (κ3) is 5.05. The summed E-state index contributed by atoms with van der Waals surface area (Å²) < 4.78 is 11.2. The first-order valence-corrected chi connectivity index (χ1v) is 18.4. The maximum Gasteiger partial charge on any atom is 0.135 e. The largest absolute Gasteiger partial charge is 0.456 e. The second-order valence-electron chi connectivity index (χ2n) is 13.8. The molecule has 3 heteroatoms. The van der Waals surface area contributed by atoms with E-state index in [1.165, 1.54) is 65.9 Å². The van der Waals surface area contributed by atoms with Gasteiger partial charge >= 0.3 is 0 Å². The molecule has 3 nitrogen and oxygen atoms in total. The summed E-state index contributed by atoms with van der Waals surface area (Å²) in [6.45, 7) is 5.25. The van der Waals surface area contributed by atoms with Crippen LogP contribution >= 0.6 is 0 Å². The quantitative estimate of drug-likeness (QED) is 0.168. The lowest BCUT2D eigenvalue weighted by molar-refractivity contribution is 0.669. The molecule has 0 aliphatic rings. The van der Waals surface area contributed by atoms with Crippen LogP contribution in [0.2, 0.25) is 0 Å². The predicted molar refractivity (Wildman–Crippen MR) is 229 cm³/mol. The molecule has 0 aliphatic carbocycles. The van der Waals surface area contributed by atoms with Gasteiger partial charge in [-0.3, -0.25) is 0 Å². The molecule has 256 valence electrons. The molecule has 0 saturated heterocycles. The molecule has 3 aromatic heterocycles. The van der Waals surface area contributed by atoms with E-state index < -0.39 is 0 Å². The summed E-state index contributed by atoms with van der Waals surface area (Å²) in [5.41, 5.74) is 13.6. The van der Waals surface area contributed by atoms with Crippen molar-refractivity contribution in [1.29, 1.82) is 0 Å². The Hall–Kier alpha value is -7.10. The fraction of sp³-hybridized carbons (Fsp3) is 0.0196. The van der Waals surface area contributed by atoms with Gasteiger partial charge in [0.25, 0.3) is 0 Å². The second kappa shape index (κ2) is 12.8. The van der Waals surface area contributed by atoms with Gasteiger partial charge in [0.05, 0.1) is 22.1 Å². The van der Waals surface area contributed by atoms with Gasteiger partial charge in [0.1, 0.15) is 11.2 Å². The van der Waals surface area contributed by atoms with E-state index in [4.69, 9.17) is 4.42 Å². The summed E-state index contributed by atoms with van der Waals surface area (Å²) in [4.78, 5) is 0. The van der Waals surface area contributed by atoms with Crippen LogP contribution in [-0.4, -0.2) is 9.13 Å². The molecule has 3 heterocycles. The van der Waals surface area contributed by atoms with Crippen LogP contribution in [-0.2, 0) is 0 Å². The van der Waals surface area contributed by atoms with Gasteiger partial charge in [-0.15, -0.1) is 6.58 Å². The first-order chi connectivity index (χ1) is 26.7. The van der Waals surface area contributed by atoms with Crippen LogP contribution in [0.5, 0.6) is 0 Å². The first kappa shape index (κ1) is 31.6. The molecule has 54 heavy (non-hydrogen) atoms. The number of aromatic nitrogens is 2. The lowest BCUT2D eigenvalue weighted by atomic mass is 10.0. The van der Waals surface area contributed by atoms with Crippen LogP contribution in [0.15, 0.2) is 199 Å². The zero-order valence-electron chi connectivity index (χ0n) is 29.9. The number of allylic oxidation sites excluding steroid dienone is 1. The zero-order valence-corrected chi connectivity index (χ0v) is 29.9. The van der Waals surface area contributed by atoms with Crippen LogP contribution in [0.1, 0.15) is 6.92 Å². The molecule has 0 unspecified atom stereocenters. The number of hydrogen-bond acceptors (Lipinski definition) is 1. The Morgan fingerprint density at radius 2 is 0.759 bits per heavy atom. The molecule has 0 radical (unpaired) electrons. The summed E-state index contributed by atoms with van der Waals surface area (Å²) in [5.74, 6) is 0. The highest BCUT2D eigenvalue weighted by Gasteiger charge is 2.18. The number of furan rings is 1. The highest BCUT2D eigenvalue weighted by molar-refractivity contribution is 6.13. The molecule has 0 amide bonds. The summed E-state index contributed by atoms with van der Waals surface area (Å²) in [6.07, 6.45) is 1.75. The number of para-hydroxylation sites is 2. The Morgan fingerprint density at radius 3 is 1.20 bits per heavy atom. The van der Waals surface area contributed by atoms with Crippen molar-refractivity contribution in [2.24, 2.45) is 0 Å². The monoisotopic (exact) mass is 692 g/mol. The van der Waals surface area contributed by atoms with Crippen molar-refractivity contribution in [2.45, 2.75) is 6.92 Å². The Balaban J connectivity index is 0.00000117. The van der Waals surface area contributed by atoms with Crippen LogP contribution in [0.25, 0.3) is 99.2 Å². The standard InChI is InChI=1S/C48H30N2O.C3H6/c1-3-11-31(12-4-1)33-19-23-45-39(27-33)37-15-7-9-17-43(37)49(45)35-21-25-47-41(29-35)42-30-36(22-26-48(42)51-47)50-44-18-10-8-16-38(44)40-28-34(20-24-46(40)50)32-13-5-2-6-14-32;1-3-2/h1-30H;3H,1H2,2H3. The second-order valence-corrected chi connectivity index (χ2v) is 13.8. The Kier molecular flexibility index (Phi) is 7.52. The molecule has 0 aliphatic heterocycles. The van der Waals surface area contributed by atoms with Gasteiger partial charge in [-0.25, -0.2) is 0 Å². The van der Waals surface area contributed by atoms with Gasteiger partial charge in [0.15, 0.2) is 0 Å². The molecule has 11 aromatic rings. The molecular weight excluding hydrogens is 657 g/mol. The van der Waals surface area contributed by atoms with Crippen molar-refractivity contribution in [3.63, 3.8) is 0 Å². The highest BCUT2D eigenvalue weighted by atomic mass is 16.3. The average molecular weight is 693 g/mol. The number of hydrogen-bond donors (Lipinski definition) is 0. The topological polar surface area (TPSA) is 23.0 Å². The van der Waals surface area contributed by atoms with Crippen molar-refractivity contribution in [1.82, 2.24) is 9.13 Å². The van der Waals surface area contributed by atoms with E-state index in [0.717, 1.165) is 33.3 Å². The van der Waals surface area contributed by atoms with E-state index in [9.17, 15) is 0 Å². The van der Waals surface area contributed by atoms with Gasteiger partial charge in [0.2, 0.25) is 0 Å². The highest BCUT2D eigenvalue weighted by Crippen LogP contribution is 2.39. The lowest BCUT2D eigenvalue weighted by Gasteiger charge is -2.10. The first-order valence-electron chi connectivity index (χ1n) is 18.4. The van der Waals surface area contributed by atoms with Crippen molar-refractivity contribution in [3.8, 4) is 33.6 Å². The van der Waals surface area contributed by atoms with Crippen LogP contribution < -0.4 is 0 Å². The Labute approximate surface area is 313 Å². The third-order valence-electron chi connectivity index (χ3n) is 10.5. The minimum absolute atomic E-state index is 0.882.